The van der Waals surface area contributed by atoms with E-state index in [9.17, 15) is 24.6 Å². The second kappa shape index (κ2) is 9.01. The Balaban J connectivity index is 2.42. The summed E-state index contributed by atoms with van der Waals surface area (Å²) in [4.78, 5) is 37.3. The first-order valence-electron chi connectivity index (χ1n) is 8.17. The van der Waals surface area contributed by atoms with E-state index in [1.807, 2.05) is 0 Å². The van der Waals surface area contributed by atoms with E-state index in [-0.39, 0.29) is 10.7 Å². The zero-order valence-corrected chi connectivity index (χ0v) is 16.4. The Bertz CT molecular complexity index is 793. The standard InChI is InChI=1S/C18H19NO6S2/c1-3-6-11(14(16(21)22)17(23)24)19-15(20)13(27-18(19)26)9-10-7-4-5-8-12(10)25-2/h4-5,7-9,11,14H,3,6H2,1-2H3,(H,21,22)(H,23,24). The summed E-state index contributed by atoms with van der Waals surface area (Å²) in [5.74, 6) is -4.67. The molecule has 2 rings (SSSR count). The number of rotatable bonds is 8. The summed E-state index contributed by atoms with van der Waals surface area (Å²) < 4.78 is 5.41. The number of hydrogen-bond acceptors (Lipinski definition) is 6. The zero-order valence-electron chi connectivity index (χ0n) is 14.7. The van der Waals surface area contributed by atoms with Crippen LogP contribution in [0.2, 0.25) is 0 Å². The number of carboxylic acids is 2. The lowest BCUT2D eigenvalue weighted by Gasteiger charge is -2.29. The smallest absolute Gasteiger partial charge is 0.320 e. The molecule has 1 heterocycles. The van der Waals surface area contributed by atoms with E-state index < -0.39 is 29.8 Å². The minimum absolute atomic E-state index is 0.145. The van der Waals surface area contributed by atoms with Crippen LogP contribution in [-0.4, -0.2) is 50.4 Å². The molecule has 1 amide bonds. The summed E-state index contributed by atoms with van der Waals surface area (Å²) >= 11 is 6.28. The highest BCUT2D eigenvalue weighted by Gasteiger charge is 2.45. The van der Waals surface area contributed by atoms with E-state index in [1.54, 1.807) is 37.3 Å². The van der Waals surface area contributed by atoms with E-state index in [1.165, 1.54) is 7.11 Å². The fourth-order valence-corrected chi connectivity index (χ4v) is 4.23. The first kappa shape index (κ1) is 20.9. The fourth-order valence-electron chi connectivity index (χ4n) is 2.87. The fraction of sp³-hybridized carbons (Fsp3) is 0.333. The second-order valence-corrected chi connectivity index (χ2v) is 7.48. The molecule has 0 saturated carbocycles. The molecule has 1 saturated heterocycles. The molecule has 7 nitrogen and oxygen atoms in total. The Morgan fingerprint density at radius 3 is 2.48 bits per heavy atom. The lowest BCUT2D eigenvalue weighted by molar-refractivity contribution is -0.157. The topological polar surface area (TPSA) is 104 Å². The highest BCUT2D eigenvalue weighted by molar-refractivity contribution is 8.26. The van der Waals surface area contributed by atoms with Gasteiger partial charge in [-0.2, -0.15) is 0 Å². The molecule has 1 aromatic carbocycles. The number of nitrogens with zero attached hydrogens (tertiary/aromatic N) is 1. The van der Waals surface area contributed by atoms with Crippen LogP contribution in [0.25, 0.3) is 6.08 Å². The van der Waals surface area contributed by atoms with E-state index in [0.717, 1.165) is 16.7 Å². The van der Waals surface area contributed by atoms with Crippen molar-refractivity contribution in [1.29, 1.82) is 0 Å². The van der Waals surface area contributed by atoms with Gasteiger partial charge in [0.15, 0.2) is 5.92 Å². The van der Waals surface area contributed by atoms with Crippen LogP contribution in [-0.2, 0) is 14.4 Å². The number of carbonyl (C=O) groups excluding carboxylic acids is 1. The van der Waals surface area contributed by atoms with Crippen molar-refractivity contribution in [3.05, 3.63) is 34.7 Å². The normalized spacial score (nSPS) is 16.9. The average Bonchev–Trinajstić information content (AvgIpc) is 2.88. The van der Waals surface area contributed by atoms with Crippen molar-refractivity contribution >= 4 is 52.2 Å². The SMILES string of the molecule is CCCC(C(C(=O)O)C(=O)O)N1C(=O)C(=Cc2ccccc2OC)SC1=S. The van der Waals surface area contributed by atoms with Gasteiger partial charge in [-0.15, -0.1) is 0 Å². The molecule has 1 fully saturated rings. The number of hydrogen-bond donors (Lipinski definition) is 2. The number of methoxy groups -OCH3 is 1. The number of carbonyl (C=O) groups is 3. The van der Waals surface area contributed by atoms with Gasteiger partial charge in [0.05, 0.1) is 18.1 Å². The van der Waals surface area contributed by atoms with Gasteiger partial charge in [-0.3, -0.25) is 19.3 Å². The van der Waals surface area contributed by atoms with Crippen LogP contribution in [0.3, 0.4) is 0 Å². The van der Waals surface area contributed by atoms with Crippen LogP contribution in [0.4, 0.5) is 0 Å². The number of thiocarbonyl (C=S) groups is 1. The van der Waals surface area contributed by atoms with E-state index in [4.69, 9.17) is 17.0 Å². The monoisotopic (exact) mass is 409 g/mol. The van der Waals surface area contributed by atoms with Crippen LogP contribution in [0.15, 0.2) is 29.2 Å². The van der Waals surface area contributed by atoms with Gasteiger partial charge in [0.1, 0.15) is 10.1 Å². The molecule has 1 aliphatic rings. The molecule has 0 spiro atoms. The summed E-state index contributed by atoms with van der Waals surface area (Å²) in [7, 11) is 1.51. The molecule has 0 aromatic heterocycles. The first-order valence-corrected chi connectivity index (χ1v) is 9.40. The Hall–Kier alpha value is -2.39. The van der Waals surface area contributed by atoms with Gasteiger partial charge in [0.2, 0.25) is 0 Å². The molecule has 0 bridgehead atoms. The number of ether oxygens (including phenoxy) is 1. The lowest BCUT2D eigenvalue weighted by Crippen LogP contribution is -2.48. The highest BCUT2D eigenvalue weighted by Crippen LogP contribution is 2.37. The molecule has 27 heavy (non-hydrogen) atoms. The van der Waals surface area contributed by atoms with Crippen molar-refractivity contribution in [3.63, 3.8) is 0 Å². The zero-order chi connectivity index (χ0) is 20.1. The Labute approximate surface area is 166 Å². The molecular weight excluding hydrogens is 390 g/mol. The van der Waals surface area contributed by atoms with Gasteiger partial charge in [-0.05, 0) is 18.6 Å². The summed E-state index contributed by atoms with van der Waals surface area (Å²) in [5, 5.41) is 18.7. The summed E-state index contributed by atoms with van der Waals surface area (Å²) in [6.45, 7) is 1.79. The van der Waals surface area contributed by atoms with Crippen LogP contribution >= 0.6 is 24.0 Å². The quantitative estimate of drug-likeness (QED) is 0.384. The molecule has 2 N–H and O–H groups in total. The Kier molecular flexibility index (Phi) is 6.98. The van der Waals surface area contributed by atoms with Gasteiger partial charge >= 0.3 is 11.9 Å². The van der Waals surface area contributed by atoms with Crippen molar-refractivity contribution in [3.8, 4) is 5.75 Å². The summed E-state index contributed by atoms with van der Waals surface area (Å²) in [5.41, 5.74) is 0.667. The lowest BCUT2D eigenvalue weighted by atomic mass is 9.94. The van der Waals surface area contributed by atoms with Crippen LogP contribution in [0.1, 0.15) is 25.3 Å². The van der Waals surface area contributed by atoms with Crippen LogP contribution in [0, 0.1) is 5.92 Å². The third-order valence-corrected chi connectivity index (χ3v) is 5.41. The molecule has 0 radical (unpaired) electrons. The first-order chi connectivity index (χ1) is 12.8. The number of aliphatic carboxylic acids is 2. The van der Waals surface area contributed by atoms with Crippen LogP contribution in [0.5, 0.6) is 5.75 Å². The molecule has 144 valence electrons. The molecule has 1 aliphatic heterocycles. The largest absolute Gasteiger partial charge is 0.496 e. The maximum atomic E-state index is 12.9. The highest BCUT2D eigenvalue weighted by atomic mass is 32.2. The third-order valence-electron chi connectivity index (χ3n) is 4.08. The van der Waals surface area contributed by atoms with Gasteiger partial charge in [0.25, 0.3) is 5.91 Å². The average molecular weight is 409 g/mol. The van der Waals surface area contributed by atoms with E-state index >= 15 is 0 Å². The van der Waals surface area contributed by atoms with E-state index in [0.29, 0.717) is 22.6 Å². The second-order valence-electron chi connectivity index (χ2n) is 5.80. The maximum absolute atomic E-state index is 12.9. The van der Waals surface area contributed by atoms with Crippen molar-refractivity contribution < 1.29 is 29.3 Å². The van der Waals surface area contributed by atoms with Gasteiger partial charge in [-0.25, -0.2) is 0 Å². The molecule has 1 unspecified atom stereocenters. The predicted molar refractivity (Wildman–Crippen MR) is 105 cm³/mol. The van der Waals surface area contributed by atoms with Crippen molar-refractivity contribution in [2.45, 2.75) is 25.8 Å². The minimum Gasteiger partial charge on any atom is -0.496 e. The third kappa shape index (κ3) is 4.48. The van der Waals surface area contributed by atoms with Gasteiger partial charge < -0.3 is 14.9 Å². The van der Waals surface area contributed by atoms with Crippen molar-refractivity contribution in [2.75, 3.05) is 7.11 Å². The molecule has 9 heteroatoms. The number of carboxylic acid groups (broad SMARTS) is 2. The number of para-hydroxylation sites is 1. The Morgan fingerprint density at radius 2 is 1.93 bits per heavy atom. The summed E-state index contributed by atoms with van der Waals surface area (Å²) in [6, 6.07) is 6.05. The molecule has 1 aromatic rings. The summed E-state index contributed by atoms with van der Waals surface area (Å²) in [6.07, 6.45) is 2.32. The van der Waals surface area contributed by atoms with Gasteiger partial charge in [0, 0.05) is 5.56 Å². The Morgan fingerprint density at radius 1 is 1.30 bits per heavy atom. The maximum Gasteiger partial charge on any atom is 0.320 e. The van der Waals surface area contributed by atoms with Crippen LogP contribution < -0.4 is 4.74 Å². The molecule has 1 atom stereocenters. The number of benzene rings is 1. The van der Waals surface area contributed by atoms with Gasteiger partial charge in [-0.1, -0.05) is 55.5 Å². The minimum atomic E-state index is -1.75. The number of amides is 1. The van der Waals surface area contributed by atoms with E-state index in [2.05, 4.69) is 0 Å². The molecule has 0 aliphatic carbocycles. The van der Waals surface area contributed by atoms with Crippen molar-refractivity contribution in [2.24, 2.45) is 5.92 Å². The van der Waals surface area contributed by atoms with Crippen molar-refractivity contribution in [1.82, 2.24) is 4.90 Å². The number of thioether (sulfide) groups is 1. The molecular formula is C18H19NO6S2. The predicted octanol–water partition coefficient (Wildman–Crippen LogP) is 2.85.